The molecule has 7 heteroatoms. The van der Waals surface area contributed by atoms with Crippen molar-refractivity contribution < 1.29 is 25.2 Å². The number of aromatic nitrogens is 1. The summed E-state index contributed by atoms with van der Waals surface area (Å²) in [5.41, 5.74) is 3.12. The van der Waals surface area contributed by atoms with Crippen LogP contribution in [-0.2, 0) is 11.8 Å². The summed E-state index contributed by atoms with van der Waals surface area (Å²) in [4.78, 5) is 12.5. The monoisotopic (exact) mass is 425 g/mol. The van der Waals surface area contributed by atoms with Crippen LogP contribution in [0.5, 0.6) is 0 Å². The minimum absolute atomic E-state index is 0.0239. The van der Waals surface area contributed by atoms with E-state index in [2.05, 4.69) is 0 Å². The minimum Gasteiger partial charge on any atom is -0.394 e. The summed E-state index contributed by atoms with van der Waals surface area (Å²) < 4.78 is 7.13. The lowest BCUT2D eigenvalue weighted by molar-refractivity contribution is -0.208. The van der Waals surface area contributed by atoms with Crippen molar-refractivity contribution in [2.75, 3.05) is 6.61 Å². The molecule has 3 aromatic rings. The first kappa shape index (κ1) is 21.7. The summed E-state index contributed by atoms with van der Waals surface area (Å²) in [6.45, 7) is 1.46. The average Bonchev–Trinajstić information content (AvgIpc) is 2.76. The van der Waals surface area contributed by atoms with Crippen molar-refractivity contribution in [3.8, 4) is 11.1 Å². The first-order valence-electron chi connectivity index (χ1n) is 10.3. The van der Waals surface area contributed by atoms with Gasteiger partial charge in [-0.25, -0.2) is 0 Å². The van der Waals surface area contributed by atoms with Crippen LogP contribution in [0.15, 0.2) is 53.5 Å². The van der Waals surface area contributed by atoms with Crippen molar-refractivity contribution in [3.63, 3.8) is 0 Å². The molecule has 1 fully saturated rings. The molecule has 7 nitrogen and oxygen atoms in total. The van der Waals surface area contributed by atoms with E-state index in [0.29, 0.717) is 10.9 Å². The zero-order chi connectivity index (χ0) is 22.3. The highest BCUT2D eigenvalue weighted by molar-refractivity contribution is 5.86. The zero-order valence-electron chi connectivity index (χ0n) is 17.5. The lowest BCUT2D eigenvalue weighted by atomic mass is 9.89. The van der Waals surface area contributed by atoms with Gasteiger partial charge in [0.15, 0.2) is 0 Å². The van der Waals surface area contributed by atoms with Gasteiger partial charge >= 0.3 is 0 Å². The third kappa shape index (κ3) is 4.03. The maximum Gasteiger partial charge on any atom is 0.258 e. The van der Waals surface area contributed by atoms with Gasteiger partial charge in [-0.15, -0.1) is 0 Å². The van der Waals surface area contributed by atoms with E-state index in [1.54, 1.807) is 23.9 Å². The molecular weight excluding hydrogens is 398 g/mol. The normalized spacial score (nSPS) is 25.0. The van der Waals surface area contributed by atoms with Crippen molar-refractivity contribution >= 4 is 10.8 Å². The number of aliphatic hydroxyl groups is 4. The summed E-state index contributed by atoms with van der Waals surface area (Å²) in [5, 5.41) is 41.9. The van der Waals surface area contributed by atoms with E-state index in [0.717, 1.165) is 22.1 Å². The number of fused-ring (bicyclic) bond motifs is 1. The fourth-order valence-electron chi connectivity index (χ4n) is 4.25. The molecule has 0 saturated carbocycles. The van der Waals surface area contributed by atoms with E-state index in [4.69, 9.17) is 4.74 Å². The first-order valence-corrected chi connectivity index (χ1v) is 10.3. The molecule has 1 saturated heterocycles. The molecule has 0 radical (unpaired) electrons. The predicted octanol–water partition coefficient (Wildman–Crippen LogP) is 1.42. The van der Waals surface area contributed by atoms with E-state index in [1.807, 2.05) is 43.3 Å². The fraction of sp³-hybridized carbons (Fsp3) is 0.375. The number of benzene rings is 2. The molecule has 2 heterocycles. The van der Waals surface area contributed by atoms with Crippen LogP contribution in [0.25, 0.3) is 21.9 Å². The largest absolute Gasteiger partial charge is 0.394 e. The Morgan fingerprint density at radius 1 is 1.10 bits per heavy atom. The second-order valence-corrected chi connectivity index (χ2v) is 8.24. The average molecular weight is 425 g/mol. The minimum atomic E-state index is -1.12. The highest BCUT2D eigenvalue weighted by atomic mass is 16.5. The Morgan fingerprint density at radius 3 is 2.52 bits per heavy atom. The van der Waals surface area contributed by atoms with Gasteiger partial charge in [0.2, 0.25) is 0 Å². The van der Waals surface area contributed by atoms with Crippen LogP contribution in [-0.4, -0.2) is 56.0 Å². The van der Waals surface area contributed by atoms with Crippen LogP contribution in [0, 0.1) is 6.92 Å². The number of ether oxygens (including phenoxy) is 1. The second kappa shape index (κ2) is 8.53. The van der Waals surface area contributed by atoms with Crippen molar-refractivity contribution in [2.45, 2.75) is 43.9 Å². The van der Waals surface area contributed by atoms with Gasteiger partial charge in [0.25, 0.3) is 5.56 Å². The third-order valence-corrected chi connectivity index (χ3v) is 6.12. The van der Waals surface area contributed by atoms with Gasteiger partial charge in [-0.05, 0) is 46.7 Å². The molecule has 0 aliphatic carbocycles. The number of hydrogen-bond donors (Lipinski definition) is 4. The summed E-state index contributed by atoms with van der Waals surface area (Å²) in [5.74, 6) is 0. The number of hydrogen-bond acceptors (Lipinski definition) is 6. The fourth-order valence-corrected chi connectivity index (χ4v) is 4.25. The van der Waals surface area contributed by atoms with Crippen molar-refractivity contribution in [1.29, 1.82) is 0 Å². The molecule has 4 rings (SSSR count). The van der Waals surface area contributed by atoms with E-state index in [1.165, 1.54) is 0 Å². The van der Waals surface area contributed by atoms with E-state index < -0.39 is 37.1 Å². The first-order chi connectivity index (χ1) is 14.8. The summed E-state index contributed by atoms with van der Waals surface area (Å²) >= 11 is 0. The van der Waals surface area contributed by atoms with Gasteiger partial charge in [-0.2, -0.15) is 0 Å². The van der Waals surface area contributed by atoms with Crippen LogP contribution >= 0.6 is 0 Å². The Hall–Kier alpha value is -2.55. The lowest BCUT2D eigenvalue weighted by Gasteiger charge is -2.39. The lowest BCUT2D eigenvalue weighted by Crippen LogP contribution is -2.51. The van der Waals surface area contributed by atoms with Gasteiger partial charge in [-0.1, -0.05) is 30.3 Å². The van der Waals surface area contributed by atoms with Crippen LogP contribution in [0.2, 0.25) is 0 Å². The summed E-state index contributed by atoms with van der Waals surface area (Å²) in [7, 11) is 1.72. The molecule has 5 atom stereocenters. The highest BCUT2D eigenvalue weighted by Crippen LogP contribution is 2.33. The molecule has 31 heavy (non-hydrogen) atoms. The van der Waals surface area contributed by atoms with Gasteiger partial charge in [0, 0.05) is 25.1 Å². The molecule has 0 spiro atoms. The van der Waals surface area contributed by atoms with Gasteiger partial charge in [0.1, 0.15) is 18.3 Å². The van der Waals surface area contributed by atoms with E-state index in [9.17, 15) is 25.2 Å². The quantitative estimate of drug-likeness (QED) is 0.503. The Labute approximate surface area is 179 Å². The third-order valence-electron chi connectivity index (χ3n) is 6.12. The van der Waals surface area contributed by atoms with Crippen molar-refractivity contribution in [3.05, 3.63) is 70.1 Å². The maximum atomic E-state index is 12.5. The molecule has 0 bridgehead atoms. The van der Waals surface area contributed by atoms with Crippen LogP contribution in [0.4, 0.5) is 0 Å². The summed E-state index contributed by atoms with van der Waals surface area (Å²) in [6, 6.07) is 13.2. The number of pyridine rings is 1. The molecule has 164 valence electrons. The molecule has 2 aromatic carbocycles. The molecule has 0 amide bonds. The molecule has 4 N–H and O–H groups in total. The van der Waals surface area contributed by atoms with Crippen molar-refractivity contribution in [1.82, 2.24) is 4.57 Å². The van der Waals surface area contributed by atoms with Crippen LogP contribution in [0.1, 0.15) is 23.7 Å². The van der Waals surface area contributed by atoms with E-state index in [-0.39, 0.29) is 12.0 Å². The SMILES string of the molecule is Cc1cc(-c2ccc3ccn(C)c(=O)c3c2)ccc1[C@@H](O)[C@H]1OC(CO)[C@@H](O)CC1O. The smallest absolute Gasteiger partial charge is 0.258 e. The van der Waals surface area contributed by atoms with Crippen molar-refractivity contribution in [2.24, 2.45) is 7.05 Å². The van der Waals surface area contributed by atoms with Crippen LogP contribution < -0.4 is 5.56 Å². The Balaban J connectivity index is 1.65. The topological polar surface area (TPSA) is 112 Å². The second-order valence-electron chi connectivity index (χ2n) is 8.24. The Bertz CT molecular complexity index is 1160. The molecule has 2 unspecified atom stereocenters. The van der Waals surface area contributed by atoms with E-state index >= 15 is 0 Å². The number of aliphatic hydroxyl groups excluding tert-OH is 4. The molecule has 1 aliphatic heterocycles. The number of rotatable bonds is 4. The zero-order valence-corrected chi connectivity index (χ0v) is 17.5. The van der Waals surface area contributed by atoms with Gasteiger partial charge < -0.3 is 29.7 Å². The Morgan fingerprint density at radius 2 is 1.81 bits per heavy atom. The Kier molecular flexibility index (Phi) is 5.96. The molecule has 1 aliphatic rings. The van der Waals surface area contributed by atoms with Gasteiger partial charge in [0.05, 0.1) is 18.8 Å². The molecular formula is C24H27NO6. The van der Waals surface area contributed by atoms with Gasteiger partial charge in [-0.3, -0.25) is 4.79 Å². The molecule has 1 aromatic heterocycles. The van der Waals surface area contributed by atoms with Crippen LogP contribution in [0.3, 0.4) is 0 Å². The number of aryl methyl sites for hydroxylation is 2. The highest BCUT2D eigenvalue weighted by Gasteiger charge is 2.40. The summed E-state index contributed by atoms with van der Waals surface area (Å²) in [6.07, 6.45) is -3.18. The standard InChI is InChI=1S/C24H27NO6/c1-13-9-15(16-4-3-14-7-8-25(2)24(30)18(14)10-16)5-6-17(13)22(29)23-20(28)11-19(27)21(12-26)31-23/h3-10,19-23,26-29H,11-12H2,1-2H3/t19-,20?,21?,22+,23-/m0/s1. The number of nitrogens with zero attached hydrogens (tertiary/aromatic N) is 1. The predicted molar refractivity (Wildman–Crippen MR) is 117 cm³/mol. The maximum absolute atomic E-state index is 12.5.